The first kappa shape index (κ1) is 14.6. The molecule has 2 heterocycles. The van der Waals surface area contributed by atoms with Gasteiger partial charge in [0.05, 0.1) is 23.4 Å². The monoisotopic (exact) mass is 323 g/mol. The van der Waals surface area contributed by atoms with Crippen LogP contribution < -0.4 is 10.6 Å². The van der Waals surface area contributed by atoms with Gasteiger partial charge in [-0.3, -0.25) is 0 Å². The lowest BCUT2D eigenvalue weighted by Crippen LogP contribution is -2.22. The zero-order chi connectivity index (χ0) is 15.6. The van der Waals surface area contributed by atoms with E-state index in [9.17, 15) is 12.8 Å². The lowest BCUT2D eigenvalue weighted by molar-refractivity contribution is 0.602. The zero-order valence-corrected chi connectivity index (χ0v) is 12.3. The van der Waals surface area contributed by atoms with Gasteiger partial charge < -0.3 is 10.6 Å². The van der Waals surface area contributed by atoms with Crippen LogP contribution in [0.3, 0.4) is 0 Å². The van der Waals surface area contributed by atoms with E-state index in [1.165, 1.54) is 12.3 Å². The Morgan fingerprint density at radius 2 is 2.09 bits per heavy atom. The van der Waals surface area contributed by atoms with Crippen LogP contribution in [0.2, 0.25) is 0 Å². The third-order valence-electron chi connectivity index (χ3n) is 3.26. The van der Waals surface area contributed by atoms with Crippen LogP contribution in [0.25, 0.3) is 0 Å². The van der Waals surface area contributed by atoms with Crippen molar-refractivity contribution in [3.63, 3.8) is 0 Å². The average Bonchev–Trinajstić information content (AvgIpc) is 2.81. The quantitative estimate of drug-likeness (QED) is 0.876. The maximum atomic E-state index is 13.6. The van der Waals surface area contributed by atoms with Gasteiger partial charge in [0.15, 0.2) is 15.7 Å². The van der Waals surface area contributed by atoms with Crippen molar-refractivity contribution >= 4 is 27.3 Å². The molecule has 0 spiro atoms. The Hall–Kier alpha value is -2.29. The number of nitrogens with one attached hydrogen (secondary N) is 2. The number of hydrogen-bond donors (Lipinski definition) is 2. The standard InChI is InChI=1S/C13H14FN5O2S/c14-10-3-1-2-4-11(10)17-12-7-15-19-13(18-12)16-9-5-6-22(20,21)8-9/h1-4,7,9H,5-6,8H2,(H2,16,17,18,19). The first-order chi connectivity index (χ1) is 10.5. The predicted octanol–water partition coefficient (Wildman–Crippen LogP) is 1.35. The minimum absolute atomic E-state index is 0.0569. The molecule has 1 aromatic heterocycles. The van der Waals surface area contributed by atoms with Gasteiger partial charge in [0.2, 0.25) is 5.95 Å². The van der Waals surface area contributed by atoms with Crippen molar-refractivity contribution in [1.82, 2.24) is 15.2 Å². The van der Waals surface area contributed by atoms with E-state index in [-0.39, 0.29) is 29.2 Å². The number of sulfone groups is 1. The van der Waals surface area contributed by atoms with Crippen LogP contribution in [-0.4, -0.2) is 41.1 Å². The molecule has 0 bridgehead atoms. The van der Waals surface area contributed by atoms with Crippen molar-refractivity contribution in [2.24, 2.45) is 0 Å². The van der Waals surface area contributed by atoms with E-state index in [0.29, 0.717) is 12.2 Å². The summed E-state index contributed by atoms with van der Waals surface area (Å²) in [6.07, 6.45) is 1.87. The summed E-state index contributed by atoms with van der Waals surface area (Å²) < 4.78 is 36.4. The fourth-order valence-electron chi connectivity index (χ4n) is 2.22. The highest BCUT2D eigenvalue weighted by Gasteiger charge is 2.28. The van der Waals surface area contributed by atoms with Crippen LogP contribution in [0, 0.1) is 5.82 Å². The van der Waals surface area contributed by atoms with Crippen LogP contribution in [0.15, 0.2) is 30.5 Å². The molecule has 0 saturated carbocycles. The summed E-state index contributed by atoms with van der Waals surface area (Å²) >= 11 is 0. The van der Waals surface area contributed by atoms with Crippen LogP contribution in [0.1, 0.15) is 6.42 Å². The van der Waals surface area contributed by atoms with Crippen molar-refractivity contribution in [2.75, 3.05) is 22.1 Å². The van der Waals surface area contributed by atoms with Gasteiger partial charge in [0, 0.05) is 6.04 Å². The van der Waals surface area contributed by atoms with Crippen molar-refractivity contribution in [2.45, 2.75) is 12.5 Å². The highest BCUT2D eigenvalue weighted by atomic mass is 32.2. The number of rotatable bonds is 4. The molecule has 22 heavy (non-hydrogen) atoms. The fraction of sp³-hybridized carbons (Fsp3) is 0.308. The number of para-hydroxylation sites is 1. The van der Waals surface area contributed by atoms with E-state index >= 15 is 0 Å². The van der Waals surface area contributed by atoms with Gasteiger partial charge >= 0.3 is 0 Å². The second kappa shape index (κ2) is 5.84. The molecule has 0 amide bonds. The largest absolute Gasteiger partial charge is 0.349 e. The molecule has 9 heteroatoms. The summed E-state index contributed by atoms with van der Waals surface area (Å²) in [4.78, 5) is 4.16. The van der Waals surface area contributed by atoms with E-state index in [1.54, 1.807) is 18.2 Å². The Balaban J connectivity index is 1.72. The predicted molar refractivity (Wildman–Crippen MR) is 80.2 cm³/mol. The van der Waals surface area contributed by atoms with E-state index < -0.39 is 15.7 Å². The molecule has 0 radical (unpaired) electrons. The van der Waals surface area contributed by atoms with Gasteiger partial charge in [0.1, 0.15) is 5.82 Å². The molecule has 1 aliphatic heterocycles. The summed E-state index contributed by atoms with van der Waals surface area (Å²) in [6, 6.07) is 5.97. The van der Waals surface area contributed by atoms with Crippen LogP contribution in [0.4, 0.5) is 21.8 Å². The molecule has 1 unspecified atom stereocenters. The molecule has 116 valence electrons. The maximum Gasteiger partial charge on any atom is 0.244 e. The summed E-state index contributed by atoms with van der Waals surface area (Å²) in [5.41, 5.74) is 0.275. The first-order valence-electron chi connectivity index (χ1n) is 6.70. The molecule has 1 fully saturated rings. The minimum atomic E-state index is -2.98. The number of halogens is 1. The molecule has 1 atom stereocenters. The molecule has 1 saturated heterocycles. The second-order valence-electron chi connectivity index (χ2n) is 5.01. The zero-order valence-electron chi connectivity index (χ0n) is 11.5. The average molecular weight is 323 g/mol. The van der Waals surface area contributed by atoms with Crippen molar-refractivity contribution in [3.8, 4) is 0 Å². The number of nitrogens with zero attached hydrogens (tertiary/aromatic N) is 3. The Morgan fingerprint density at radius 1 is 1.27 bits per heavy atom. The topological polar surface area (TPSA) is 96.9 Å². The molecule has 3 rings (SSSR count). The van der Waals surface area contributed by atoms with Crippen molar-refractivity contribution < 1.29 is 12.8 Å². The van der Waals surface area contributed by atoms with E-state index in [4.69, 9.17) is 0 Å². The van der Waals surface area contributed by atoms with Crippen LogP contribution >= 0.6 is 0 Å². The van der Waals surface area contributed by atoms with Gasteiger partial charge in [-0.1, -0.05) is 12.1 Å². The molecule has 2 N–H and O–H groups in total. The number of aromatic nitrogens is 3. The van der Waals surface area contributed by atoms with E-state index in [1.807, 2.05) is 0 Å². The Kier molecular flexibility index (Phi) is 3.88. The SMILES string of the molecule is O=S1(=O)CCC(Nc2nncc(Nc3ccccc3F)n2)C1. The molecule has 2 aromatic rings. The van der Waals surface area contributed by atoms with Gasteiger partial charge in [-0.25, -0.2) is 12.8 Å². The number of hydrogen-bond acceptors (Lipinski definition) is 7. The normalized spacial score (nSPS) is 19.8. The summed E-state index contributed by atoms with van der Waals surface area (Å²) in [7, 11) is -2.98. The fourth-order valence-corrected chi connectivity index (χ4v) is 3.89. The molecule has 0 aliphatic carbocycles. The van der Waals surface area contributed by atoms with Crippen LogP contribution in [-0.2, 0) is 9.84 Å². The molecule has 1 aliphatic rings. The third kappa shape index (κ3) is 3.48. The highest BCUT2D eigenvalue weighted by molar-refractivity contribution is 7.91. The summed E-state index contributed by atoms with van der Waals surface area (Å²) in [5, 5.41) is 13.3. The first-order valence-corrected chi connectivity index (χ1v) is 8.52. The van der Waals surface area contributed by atoms with Gasteiger partial charge in [-0.2, -0.15) is 10.1 Å². The highest BCUT2D eigenvalue weighted by Crippen LogP contribution is 2.19. The van der Waals surface area contributed by atoms with Gasteiger partial charge in [-0.15, -0.1) is 5.10 Å². The van der Waals surface area contributed by atoms with E-state index in [2.05, 4.69) is 25.8 Å². The molecule has 7 nitrogen and oxygen atoms in total. The molecular weight excluding hydrogens is 309 g/mol. The number of benzene rings is 1. The number of anilines is 3. The van der Waals surface area contributed by atoms with E-state index in [0.717, 1.165) is 0 Å². The summed E-state index contributed by atoms with van der Waals surface area (Å²) in [6.45, 7) is 0. The minimum Gasteiger partial charge on any atom is -0.349 e. The Labute approximate surface area is 126 Å². The summed E-state index contributed by atoms with van der Waals surface area (Å²) in [5.74, 6) is 0.344. The Morgan fingerprint density at radius 3 is 2.82 bits per heavy atom. The smallest absolute Gasteiger partial charge is 0.244 e. The van der Waals surface area contributed by atoms with Gasteiger partial charge in [0.25, 0.3) is 0 Å². The second-order valence-corrected chi connectivity index (χ2v) is 7.24. The molecular formula is C13H14FN5O2S. The third-order valence-corrected chi connectivity index (χ3v) is 5.03. The lowest BCUT2D eigenvalue weighted by Gasteiger charge is -2.11. The van der Waals surface area contributed by atoms with Gasteiger partial charge in [-0.05, 0) is 18.6 Å². The lowest BCUT2D eigenvalue weighted by atomic mass is 10.3. The molecule has 1 aromatic carbocycles. The maximum absolute atomic E-state index is 13.6. The van der Waals surface area contributed by atoms with Crippen molar-refractivity contribution in [1.29, 1.82) is 0 Å². The van der Waals surface area contributed by atoms with Crippen molar-refractivity contribution in [3.05, 3.63) is 36.3 Å². The Bertz CT molecular complexity index is 784. The van der Waals surface area contributed by atoms with Crippen LogP contribution in [0.5, 0.6) is 0 Å².